The molecular weight excluding hydrogens is 164 g/mol. The molecule has 0 N–H and O–H groups in total. The fourth-order valence-corrected chi connectivity index (χ4v) is 2.35. The van der Waals surface area contributed by atoms with Gasteiger partial charge in [0.1, 0.15) is 6.79 Å². The average molecular weight is 182 g/mol. The predicted octanol–water partition coefficient (Wildman–Crippen LogP) is 2.35. The number of rotatable bonds is 0. The topological polar surface area (TPSA) is 18.5 Å². The Morgan fingerprint density at radius 1 is 1.38 bits per heavy atom. The van der Waals surface area contributed by atoms with Gasteiger partial charge in [-0.1, -0.05) is 18.6 Å². The lowest BCUT2D eigenvalue weighted by Gasteiger charge is -2.43. The molecule has 0 aromatic carbocycles. The molecule has 0 aromatic rings. The van der Waals surface area contributed by atoms with Crippen molar-refractivity contribution in [3.05, 3.63) is 11.6 Å². The molecule has 1 unspecified atom stereocenters. The van der Waals surface area contributed by atoms with Crippen LogP contribution in [0, 0.1) is 11.3 Å². The van der Waals surface area contributed by atoms with Gasteiger partial charge in [0, 0.05) is 5.41 Å². The van der Waals surface area contributed by atoms with Crippen molar-refractivity contribution in [3.63, 3.8) is 0 Å². The summed E-state index contributed by atoms with van der Waals surface area (Å²) in [6, 6.07) is 0. The second-order valence-corrected chi connectivity index (χ2v) is 4.54. The van der Waals surface area contributed by atoms with Gasteiger partial charge in [-0.3, -0.25) is 0 Å². The van der Waals surface area contributed by atoms with Gasteiger partial charge in [-0.15, -0.1) is 0 Å². The van der Waals surface area contributed by atoms with Gasteiger partial charge in [0.25, 0.3) is 0 Å². The molecule has 74 valence electrons. The lowest BCUT2D eigenvalue weighted by atomic mass is 9.68. The van der Waals surface area contributed by atoms with Crippen molar-refractivity contribution in [3.8, 4) is 0 Å². The van der Waals surface area contributed by atoms with Gasteiger partial charge >= 0.3 is 0 Å². The molecule has 2 rings (SSSR count). The third kappa shape index (κ3) is 1.65. The predicted molar refractivity (Wildman–Crippen MR) is 51.4 cm³/mol. The Labute approximate surface area is 79.9 Å². The van der Waals surface area contributed by atoms with Crippen molar-refractivity contribution in [2.45, 2.75) is 26.7 Å². The minimum absolute atomic E-state index is 0.276. The zero-order chi connectivity index (χ0) is 9.31. The van der Waals surface area contributed by atoms with E-state index < -0.39 is 0 Å². The summed E-state index contributed by atoms with van der Waals surface area (Å²) in [5, 5.41) is 0. The summed E-state index contributed by atoms with van der Waals surface area (Å²) in [5.74, 6) is 0.692. The molecule has 1 heterocycles. The summed E-state index contributed by atoms with van der Waals surface area (Å²) in [5.41, 5.74) is 1.79. The van der Waals surface area contributed by atoms with Crippen LogP contribution in [0.5, 0.6) is 0 Å². The average Bonchev–Trinajstić information content (AvgIpc) is 2.14. The quantitative estimate of drug-likeness (QED) is 0.535. The van der Waals surface area contributed by atoms with Crippen LogP contribution < -0.4 is 0 Å². The standard InChI is InChI=1S/C11H18O2/c1-9-3-4-11(10(2)5-9)6-12-8-13-7-11/h3,10H,4-8H2,1-2H3. The summed E-state index contributed by atoms with van der Waals surface area (Å²) < 4.78 is 10.8. The molecule has 1 saturated heterocycles. The Morgan fingerprint density at radius 2 is 2.08 bits per heavy atom. The lowest BCUT2D eigenvalue weighted by Crippen LogP contribution is -2.43. The van der Waals surface area contributed by atoms with E-state index in [1.165, 1.54) is 12.0 Å². The van der Waals surface area contributed by atoms with Crippen molar-refractivity contribution in [1.82, 2.24) is 0 Å². The Balaban J connectivity index is 2.12. The van der Waals surface area contributed by atoms with Gasteiger partial charge in [0.2, 0.25) is 0 Å². The van der Waals surface area contributed by atoms with E-state index in [9.17, 15) is 0 Å². The van der Waals surface area contributed by atoms with Gasteiger partial charge in [-0.25, -0.2) is 0 Å². The summed E-state index contributed by atoms with van der Waals surface area (Å²) in [4.78, 5) is 0. The van der Waals surface area contributed by atoms with E-state index in [0.29, 0.717) is 12.7 Å². The molecule has 2 heteroatoms. The Bertz CT molecular complexity index is 214. The van der Waals surface area contributed by atoms with Crippen molar-refractivity contribution in [2.24, 2.45) is 11.3 Å². The van der Waals surface area contributed by atoms with Crippen molar-refractivity contribution in [2.75, 3.05) is 20.0 Å². The molecule has 0 radical (unpaired) electrons. The van der Waals surface area contributed by atoms with Gasteiger partial charge in [0.05, 0.1) is 13.2 Å². The number of hydrogen-bond acceptors (Lipinski definition) is 2. The maximum atomic E-state index is 5.42. The molecule has 1 fully saturated rings. The van der Waals surface area contributed by atoms with E-state index in [1.807, 2.05) is 0 Å². The zero-order valence-corrected chi connectivity index (χ0v) is 8.51. The molecule has 13 heavy (non-hydrogen) atoms. The molecule has 0 amide bonds. The highest BCUT2D eigenvalue weighted by Gasteiger charge is 2.40. The van der Waals surface area contributed by atoms with Crippen LogP contribution in [0.25, 0.3) is 0 Å². The van der Waals surface area contributed by atoms with Crippen molar-refractivity contribution in [1.29, 1.82) is 0 Å². The van der Waals surface area contributed by atoms with Crippen LogP contribution in [0.15, 0.2) is 11.6 Å². The van der Waals surface area contributed by atoms with Gasteiger partial charge in [0.15, 0.2) is 0 Å². The maximum Gasteiger partial charge on any atom is 0.146 e. The first-order valence-electron chi connectivity index (χ1n) is 5.04. The van der Waals surface area contributed by atoms with E-state index in [1.54, 1.807) is 0 Å². The van der Waals surface area contributed by atoms with Crippen LogP contribution >= 0.6 is 0 Å². The number of ether oxygens (including phenoxy) is 2. The molecule has 1 aliphatic heterocycles. The summed E-state index contributed by atoms with van der Waals surface area (Å²) in [6.45, 7) is 6.76. The molecule has 1 spiro atoms. The van der Waals surface area contributed by atoms with E-state index in [0.717, 1.165) is 19.6 Å². The van der Waals surface area contributed by atoms with E-state index in [-0.39, 0.29) is 5.41 Å². The van der Waals surface area contributed by atoms with Crippen LogP contribution in [-0.2, 0) is 9.47 Å². The monoisotopic (exact) mass is 182 g/mol. The molecule has 0 saturated carbocycles. The van der Waals surface area contributed by atoms with Crippen LogP contribution in [0.3, 0.4) is 0 Å². The fraction of sp³-hybridized carbons (Fsp3) is 0.818. The first-order chi connectivity index (χ1) is 6.23. The largest absolute Gasteiger partial charge is 0.355 e. The highest BCUT2D eigenvalue weighted by molar-refractivity contribution is 5.10. The molecule has 0 bridgehead atoms. The third-order valence-corrected chi connectivity index (χ3v) is 3.48. The molecule has 1 atom stereocenters. The van der Waals surface area contributed by atoms with Gasteiger partial charge in [-0.2, -0.15) is 0 Å². The highest BCUT2D eigenvalue weighted by atomic mass is 16.7. The Hall–Kier alpha value is -0.340. The molecular formula is C11H18O2. The van der Waals surface area contributed by atoms with Gasteiger partial charge < -0.3 is 9.47 Å². The van der Waals surface area contributed by atoms with Crippen LogP contribution in [0.2, 0.25) is 0 Å². The third-order valence-electron chi connectivity index (χ3n) is 3.48. The first kappa shape index (κ1) is 9.22. The smallest absolute Gasteiger partial charge is 0.146 e. The van der Waals surface area contributed by atoms with E-state index in [4.69, 9.17) is 9.47 Å². The van der Waals surface area contributed by atoms with Gasteiger partial charge in [-0.05, 0) is 25.7 Å². The van der Waals surface area contributed by atoms with Crippen LogP contribution in [-0.4, -0.2) is 20.0 Å². The molecule has 0 aromatic heterocycles. The number of hydrogen-bond donors (Lipinski definition) is 0. The van der Waals surface area contributed by atoms with Crippen molar-refractivity contribution < 1.29 is 9.47 Å². The van der Waals surface area contributed by atoms with Crippen LogP contribution in [0.1, 0.15) is 26.7 Å². The highest BCUT2D eigenvalue weighted by Crippen LogP contribution is 2.42. The van der Waals surface area contributed by atoms with E-state index >= 15 is 0 Å². The first-order valence-corrected chi connectivity index (χ1v) is 5.04. The molecule has 2 aliphatic rings. The minimum atomic E-state index is 0.276. The Morgan fingerprint density at radius 3 is 2.69 bits per heavy atom. The maximum absolute atomic E-state index is 5.42. The Kier molecular flexibility index (Phi) is 2.43. The minimum Gasteiger partial charge on any atom is -0.355 e. The lowest BCUT2D eigenvalue weighted by molar-refractivity contribution is -0.180. The number of allylic oxidation sites excluding steroid dienone is 2. The molecule has 2 nitrogen and oxygen atoms in total. The second kappa shape index (κ2) is 3.43. The fourth-order valence-electron chi connectivity index (χ4n) is 2.35. The van der Waals surface area contributed by atoms with E-state index in [2.05, 4.69) is 19.9 Å². The zero-order valence-electron chi connectivity index (χ0n) is 8.51. The second-order valence-electron chi connectivity index (χ2n) is 4.54. The SMILES string of the molecule is CC1=CCC2(COCOC2)C(C)C1. The summed E-state index contributed by atoms with van der Waals surface area (Å²) in [6.07, 6.45) is 4.67. The molecule has 1 aliphatic carbocycles. The summed E-state index contributed by atoms with van der Waals surface area (Å²) >= 11 is 0. The summed E-state index contributed by atoms with van der Waals surface area (Å²) in [7, 11) is 0. The van der Waals surface area contributed by atoms with Crippen molar-refractivity contribution >= 4 is 0 Å². The van der Waals surface area contributed by atoms with Crippen LogP contribution in [0.4, 0.5) is 0 Å². The normalized spacial score (nSPS) is 33.1.